The number of halogens is 1. The van der Waals surface area contributed by atoms with E-state index < -0.39 is 0 Å². The first-order valence-electron chi connectivity index (χ1n) is 6.97. The highest BCUT2D eigenvalue weighted by Crippen LogP contribution is 2.23. The molecule has 5 heteroatoms. The normalized spacial score (nSPS) is 19.8. The van der Waals surface area contributed by atoms with Gasteiger partial charge in [0.1, 0.15) is 5.82 Å². The molecule has 0 radical (unpaired) electrons. The van der Waals surface area contributed by atoms with E-state index in [2.05, 4.69) is 44.8 Å². The van der Waals surface area contributed by atoms with Crippen molar-refractivity contribution in [1.29, 1.82) is 0 Å². The number of hydrogen-bond acceptors (Lipinski definition) is 4. The zero-order valence-electron chi connectivity index (χ0n) is 11.9. The largest absolute Gasteiger partial charge is 0.354 e. The third-order valence-electron chi connectivity index (χ3n) is 3.94. The summed E-state index contributed by atoms with van der Waals surface area (Å²) < 4.78 is 1.04. The summed E-state index contributed by atoms with van der Waals surface area (Å²) in [7, 11) is 4.30. The van der Waals surface area contributed by atoms with Crippen LogP contribution in [0.4, 0.5) is 5.82 Å². The predicted molar refractivity (Wildman–Crippen MR) is 86.2 cm³/mol. The van der Waals surface area contributed by atoms with Crippen LogP contribution in [-0.2, 0) is 0 Å². The van der Waals surface area contributed by atoms with Gasteiger partial charge in [-0.3, -0.25) is 4.98 Å². The van der Waals surface area contributed by atoms with Gasteiger partial charge in [-0.15, -0.1) is 0 Å². The third kappa shape index (κ3) is 2.79. The van der Waals surface area contributed by atoms with Crippen LogP contribution in [0.25, 0.3) is 11.0 Å². The lowest BCUT2D eigenvalue weighted by Crippen LogP contribution is -2.45. The van der Waals surface area contributed by atoms with Crippen molar-refractivity contribution < 1.29 is 0 Å². The minimum Gasteiger partial charge on any atom is -0.354 e. The maximum absolute atomic E-state index is 4.77. The Hall–Kier alpha value is -1.20. The molecule has 1 saturated heterocycles. The molecule has 0 spiro atoms. The second-order valence-corrected chi connectivity index (χ2v) is 6.48. The first kappa shape index (κ1) is 13.8. The zero-order valence-corrected chi connectivity index (χ0v) is 13.5. The summed E-state index contributed by atoms with van der Waals surface area (Å²) in [5, 5.41) is 0. The van der Waals surface area contributed by atoms with E-state index >= 15 is 0 Å². The highest BCUT2D eigenvalue weighted by atomic mass is 79.9. The lowest BCUT2D eigenvalue weighted by molar-refractivity contribution is 0.257. The molecule has 1 fully saturated rings. The third-order valence-corrected chi connectivity index (χ3v) is 4.44. The van der Waals surface area contributed by atoms with Gasteiger partial charge < -0.3 is 9.80 Å². The second kappa shape index (κ2) is 5.66. The molecule has 1 atom stereocenters. The number of likely N-dealkylation sites (N-methyl/N-ethyl adjacent to an activating group) is 1. The van der Waals surface area contributed by atoms with Crippen LogP contribution in [-0.4, -0.2) is 48.1 Å². The van der Waals surface area contributed by atoms with Crippen molar-refractivity contribution in [3.05, 3.63) is 28.9 Å². The summed E-state index contributed by atoms with van der Waals surface area (Å²) in [4.78, 5) is 13.9. The number of rotatable bonds is 2. The van der Waals surface area contributed by atoms with Crippen molar-refractivity contribution in [2.75, 3.05) is 32.1 Å². The average molecular weight is 335 g/mol. The second-order valence-electron chi connectivity index (χ2n) is 5.57. The summed E-state index contributed by atoms with van der Waals surface area (Å²) in [5.41, 5.74) is 1.89. The maximum atomic E-state index is 4.77. The SMILES string of the molecule is CN(C)C1CCCN(c2cnc3ccc(Br)cc3n2)C1. The fourth-order valence-electron chi connectivity index (χ4n) is 2.71. The number of aromatic nitrogens is 2. The molecule has 4 nitrogen and oxygen atoms in total. The molecule has 20 heavy (non-hydrogen) atoms. The minimum atomic E-state index is 0.601. The van der Waals surface area contributed by atoms with Crippen LogP contribution in [0, 0.1) is 0 Å². The van der Waals surface area contributed by atoms with E-state index in [1.165, 1.54) is 12.8 Å². The Bertz CT molecular complexity index is 614. The van der Waals surface area contributed by atoms with Crippen molar-refractivity contribution in [2.24, 2.45) is 0 Å². The van der Waals surface area contributed by atoms with Crippen molar-refractivity contribution in [2.45, 2.75) is 18.9 Å². The average Bonchev–Trinajstić information content (AvgIpc) is 2.46. The van der Waals surface area contributed by atoms with Gasteiger partial charge in [0.05, 0.1) is 17.2 Å². The molecule has 1 unspecified atom stereocenters. The van der Waals surface area contributed by atoms with Gasteiger partial charge in [-0.05, 0) is 45.1 Å². The molecule has 0 N–H and O–H groups in total. The molecule has 2 aromatic rings. The van der Waals surface area contributed by atoms with E-state index in [9.17, 15) is 0 Å². The smallest absolute Gasteiger partial charge is 0.147 e. The molecule has 0 saturated carbocycles. The van der Waals surface area contributed by atoms with E-state index in [0.717, 1.165) is 34.4 Å². The van der Waals surface area contributed by atoms with Crippen molar-refractivity contribution in [3.8, 4) is 0 Å². The van der Waals surface area contributed by atoms with E-state index in [4.69, 9.17) is 4.98 Å². The van der Waals surface area contributed by atoms with Crippen molar-refractivity contribution in [3.63, 3.8) is 0 Å². The highest BCUT2D eigenvalue weighted by molar-refractivity contribution is 9.10. The molecule has 1 aromatic heterocycles. The Kier molecular flexibility index (Phi) is 3.89. The van der Waals surface area contributed by atoms with Crippen LogP contribution >= 0.6 is 15.9 Å². The molecule has 3 rings (SSSR count). The topological polar surface area (TPSA) is 32.3 Å². The Morgan fingerprint density at radius 1 is 1.30 bits per heavy atom. The van der Waals surface area contributed by atoms with Crippen LogP contribution in [0.5, 0.6) is 0 Å². The molecular formula is C15H19BrN4. The number of nitrogens with zero attached hydrogens (tertiary/aromatic N) is 4. The zero-order chi connectivity index (χ0) is 14.1. The molecule has 1 aliphatic rings. The monoisotopic (exact) mass is 334 g/mol. The van der Waals surface area contributed by atoms with Gasteiger partial charge in [-0.25, -0.2) is 4.98 Å². The molecule has 0 aliphatic carbocycles. The van der Waals surface area contributed by atoms with Gasteiger partial charge in [0.2, 0.25) is 0 Å². The fraction of sp³-hybridized carbons (Fsp3) is 0.467. The van der Waals surface area contributed by atoms with Gasteiger partial charge in [-0.2, -0.15) is 0 Å². The molecule has 2 heterocycles. The maximum Gasteiger partial charge on any atom is 0.147 e. The first-order valence-corrected chi connectivity index (χ1v) is 7.76. The first-order chi connectivity index (χ1) is 9.63. The molecular weight excluding hydrogens is 316 g/mol. The molecule has 1 aromatic carbocycles. The van der Waals surface area contributed by atoms with E-state index in [1.54, 1.807) is 0 Å². The molecule has 0 amide bonds. The summed E-state index contributed by atoms with van der Waals surface area (Å²) in [6.45, 7) is 2.10. The van der Waals surface area contributed by atoms with E-state index in [1.807, 2.05) is 24.4 Å². The number of anilines is 1. The highest BCUT2D eigenvalue weighted by Gasteiger charge is 2.22. The number of benzene rings is 1. The quantitative estimate of drug-likeness (QED) is 0.845. The van der Waals surface area contributed by atoms with Crippen LogP contribution in [0.3, 0.4) is 0 Å². The summed E-state index contributed by atoms with van der Waals surface area (Å²) in [6, 6.07) is 6.62. The fourth-order valence-corrected chi connectivity index (χ4v) is 3.06. The van der Waals surface area contributed by atoms with Gasteiger partial charge in [0.25, 0.3) is 0 Å². The minimum absolute atomic E-state index is 0.601. The number of piperidine rings is 1. The van der Waals surface area contributed by atoms with Gasteiger partial charge in [0, 0.05) is 23.6 Å². The van der Waals surface area contributed by atoms with Crippen molar-refractivity contribution >= 4 is 32.8 Å². The van der Waals surface area contributed by atoms with Gasteiger partial charge in [-0.1, -0.05) is 15.9 Å². The van der Waals surface area contributed by atoms with Gasteiger partial charge in [0.15, 0.2) is 0 Å². The van der Waals surface area contributed by atoms with Crippen LogP contribution in [0.1, 0.15) is 12.8 Å². The Morgan fingerprint density at radius 2 is 2.15 bits per heavy atom. The lowest BCUT2D eigenvalue weighted by atomic mass is 10.1. The number of fused-ring (bicyclic) bond motifs is 1. The molecule has 1 aliphatic heterocycles. The Morgan fingerprint density at radius 3 is 2.95 bits per heavy atom. The van der Waals surface area contributed by atoms with E-state index in [0.29, 0.717) is 6.04 Å². The van der Waals surface area contributed by atoms with Gasteiger partial charge >= 0.3 is 0 Å². The summed E-state index contributed by atoms with van der Waals surface area (Å²) in [5.74, 6) is 0.988. The predicted octanol–water partition coefficient (Wildman–Crippen LogP) is 2.92. The molecule has 0 bridgehead atoms. The van der Waals surface area contributed by atoms with Crippen LogP contribution in [0.2, 0.25) is 0 Å². The summed E-state index contributed by atoms with van der Waals surface area (Å²) in [6.07, 6.45) is 4.37. The molecule has 106 valence electrons. The van der Waals surface area contributed by atoms with Crippen LogP contribution in [0.15, 0.2) is 28.9 Å². The summed E-state index contributed by atoms with van der Waals surface area (Å²) >= 11 is 3.49. The standard InChI is InChI=1S/C15H19BrN4/c1-19(2)12-4-3-7-20(10-12)15-9-17-13-6-5-11(16)8-14(13)18-15/h5-6,8-9,12H,3-4,7,10H2,1-2H3. The Labute approximate surface area is 127 Å². The number of hydrogen-bond donors (Lipinski definition) is 0. The lowest BCUT2D eigenvalue weighted by Gasteiger charge is -2.36. The van der Waals surface area contributed by atoms with Crippen LogP contribution < -0.4 is 4.90 Å². The van der Waals surface area contributed by atoms with Crippen molar-refractivity contribution in [1.82, 2.24) is 14.9 Å². The van der Waals surface area contributed by atoms with E-state index in [-0.39, 0.29) is 0 Å². The Balaban J connectivity index is 1.89.